The summed E-state index contributed by atoms with van der Waals surface area (Å²) >= 11 is 0. The monoisotopic (exact) mass is 314 g/mol. The minimum Gasteiger partial charge on any atom is -0.445 e. The van der Waals surface area contributed by atoms with E-state index in [2.05, 4.69) is 25.8 Å². The van der Waals surface area contributed by atoms with Crippen LogP contribution in [0.3, 0.4) is 0 Å². The molecule has 4 heteroatoms. The van der Waals surface area contributed by atoms with Gasteiger partial charge in [0.15, 0.2) is 5.89 Å². The van der Waals surface area contributed by atoms with Crippen LogP contribution in [0.15, 0.2) is 34.7 Å². The number of oxazole rings is 1. The van der Waals surface area contributed by atoms with Gasteiger partial charge in [0.1, 0.15) is 5.76 Å². The zero-order valence-corrected chi connectivity index (χ0v) is 14.7. The minimum absolute atomic E-state index is 0.113. The first-order valence-electron chi connectivity index (χ1n) is 8.02. The SMILES string of the molecule is Cc1nc(C(C)(C)C)oc1CCC(=O)N(C)Cc1ccccc1. The van der Waals surface area contributed by atoms with E-state index in [1.54, 1.807) is 4.90 Å². The van der Waals surface area contributed by atoms with Gasteiger partial charge in [0.05, 0.1) is 5.69 Å². The first-order valence-corrected chi connectivity index (χ1v) is 8.02. The van der Waals surface area contributed by atoms with E-state index in [1.807, 2.05) is 44.3 Å². The van der Waals surface area contributed by atoms with Gasteiger partial charge in [0.2, 0.25) is 5.91 Å². The molecule has 0 aliphatic rings. The van der Waals surface area contributed by atoms with Gasteiger partial charge in [-0.25, -0.2) is 4.98 Å². The van der Waals surface area contributed by atoms with E-state index < -0.39 is 0 Å². The third-order valence-electron chi connectivity index (χ3n) is 3.79. The molecule has 0 bridgehead atoms. The largest absolute Gasteiger partial charge is 0.445 e. The van der Waals surface area contributed by atoms with Crippen LogP contribution >= 0.6 is 0 Å². The Hall–Kier alpha value is -2.10. The van der Waals surface area contributed by atoms with Crippen molar-refractivity contribution in [1.82, 2.24) is 9.88 Å². The molecule has 23 heavy (non-hydrogen) atoms. The summed E-state index contributed by atoms with van der Waals surface area (Å²) in [5.41, 5.74) is 1.90. The number of aromatic nitrogens is 1. The van der Waals surface area contributed by atoms with Gasteiger partial charge in [-0.3, -0.25) is 4.79 Å². The van der Waals surface area contributed by atoms with E-state index in [0.717, 1.165) is 22.9 Å². The molecule has 0 saturated heterocycles. The molecule has 0 N–H and O–H groups in total. The van der Waals surface area contributed by atoms with E-state index in [0.29, 0.717) is 19.4 Å². The van der Waals surface area contributed by atoms with Gasteiger partial charge in [-0.15, -0.1) is 0 Å². The number of hydrogen-bond donors (Lipinski definition) is 0. The molecule has 124 valence electrons. The number of carbonyl (C=O) groups is 1. The molecule has 0 unspecified atom stereocenters. The quantitative estimate of drug-likeness (QED) is 0.841. The molecule has 1 aromatic carbocycles. The lowest BCUT2D eigenvalue weighted by molar-refractivity contribution is -0.130. The van der Waals surface area contributed by atoms with Crippen molar-refractivity contribution in [3.63, 3.8) is 0 Å². The summed E-state index contributed by atoms with van der Waals surface area (Å²) in [5, 5.41) is 0. The molecule has 1 heterocycles. The predicted molar refractivity (Wildman–Crippen MR) is 91.2 cm³/mol. The van der Waals surface area contributed by atoms with E-state index in [9.17, 15) is 4.79 Å². The average molecular weight is 314 g/mol. The smallest absolute Gasteiger partial charge is 0.223 e. The van der Waals surface area contributed by atoms with Crippen molar-refractivity contribution in [1.29, 1.82) is 0 Å². The highest BCUT2D eigenvalue weighted by molar-refractivity contribution is 5.76. The van der Waals surface area contributed by atoms with E-state index in [1.165, 1.54) is 0 Å². The van der Waals surface area contributed by atoms with Crippen LogP contribution in [0.5, 0.6) is 0 Å². The first kappa shape index (κ1) is 17.3. The first-order chi connectivity index (χ1) is 10.8. The summed E-state index contributed by atoms with van der Waals surface area (Å²) in [6, 6.07) is 10.0. The summed E-state index contributed by atoms with van der Waals surface area (Å²) in [4.78, 5) is 18.5. The minimum atomic E-state index is -0.114. The van der Waals surface area contributed by atoms with E-state index in [-0.39, 0.29) is 11.3 Å². The lowest BCUT2D eigenvalue weighted by atomic mass is 9.97. The number of benzene rings is 1. The molecule has 0 aliphatic carbocycles. The normalized spacial score (nSPS) is 11.5. The number of aryl methyl sites for hydroxylation is 2. The van der Waals surface area contributed by atoms with Crippen LogP contribution < -0.4 is 0 Å². The van der Waals surface area contributed by atoms with Crippen LogP contribution in [-0.2, 0) is 23.2 Å². The Morgan fingerprint density at radius 2 is 1.87 bits per heavy atom. The highest BCUT2D eigenvalue weighted by atomic mass is 16.4. The second kappa shape index (κ2) is 6.99. The fourth-order valence-corrected chi connectivity index (χ4v) is 2.34. The topological polar surface area (TPSA) is 46.3 Å². The van der Waals surface area contributed by atoms with Gasteiger partial charge in [-0.05, 0) is 12.5 Å². The predicted octanol–water partition coefficient (Wildman–Crippen LogP) is 3.87. The molecule has 1 aromatic heterocycles. The Bertz CT molecular complexity index is 654. The van der Waals surface area contributed by atoms with Gasteiger partial charge in [0, 0.05) is 31.8 Å². The van der Waals surface area contributed by atoms with Gasteiger partial charge in [-0.2, -0.15) is 0 Å². The van der Waals surface area contributed by atoms with Crippen LogP contribution in [0.1, 0.15) is 50.1 Å². The fourth-order valence-electron chi connectivity index (χ4n) is 2.34. The summed E-state index contributed by atoms with van der Waals surface area (Å²) < 4.78 is 5.85. The number of rotatable bonds is 5. The molecule has 0 radical (unpaired) electrons. The maximum atomic E-state index is 12.3. The van der Waals surface area contributed by atoms with Gasteiger partial charge >= 0.3 is 0 Å². The van der Waals surface area contributed by atoms with Crippen LogP contribution in [0.2, 0.25) is 0 Å². The zero-order valence-electron chi connectivity index (χ0n) is 14.7. The summed E-state index contributed by atoms with van der Waals surface area (Å²) in [6.45, 7) is 8.77. The van der Waals surface area contributed by atoms with Crippen LogP contribution in [0.4, 0.5) is 0 Å². The number of amides is 1. The van der Waals surface area contributed by atoms with Gasteiger partial charge in [0.25, 0.3) is 0 Å². The molecule has 2 rings (SSSR count). The van der Waals surface area contributed by atoms with Crippen LogP contribution in [0.25, 0.3) is 0 Å². The standard InChI is InChI=1S/C19H26N2O2/c1-14-16(23-18(20-14)19(2,3)4)11-12-17(22)21(5)13-15-9-7-6-8-10-15/h6-10H,11-13H2,1-5H3. The van der Waals surface area contributed by atoms with E-state index in [4.69, 9.17) is 4.42 Å². The highest BCUT2D eigenvalue weighted by Crippen LogP contribution is 2.24. The van der Waals surface area contributed by atoms with Gasteiger partial charge < -0.3 is 9.32 Å². The molecule has 0 fully saturated rings. The molecule has 2 aromatic rings. The molecule has 0 spiro atoms. The molecular weight excluding hydrogens is 288 g/mol. The molecule has 1 amide bonds. The van der Waals surface area contributed by atoms with Crippen molar-refractivity contribution in [3.8, 4) is 0 Å². The second-order valence-corrected chi connectivity index (χ2v) is 7.01. The third kappa shape index (κ3) is 4.68. The Kier molecular flexibility index (Phi) is 5.24. The number of hydrogen-bond acceptors (Lipinski definition) is 3. The van der Waals surface area contributed by atoms with Crippen molar-refractivity contribution in [2.24, 2.45) is 0 Å². The van der Waals surface area contributed by atoms with Gasteiger partial charge in [-0.1, -0.05) is 51.1 Å². The molecule has 4 nitrogen and oxygen atoms in total. The molecule has 0 aliphatic heterocycles. The lowest BCUT2D eigenvalue weighted by Gasteiger charge is -2.17. The maximum Gasteiger partial charge on any atom is 0.223 e. The average Bonchev–Trinajstić information content (AvgIpc) is 2.87. The summed E-state index contributed by atoms with van der Waals surface area (Å²) in [7, 11) is 1.84. The molecular formula is C19H26N2O2. The Balaban J connectivity index is 1.93. The van der Waals surface area contributed by atoms with Crippen molar-refractivity contribution < 1.29 is 9.21 Å². The molecule has 0 atom stereocenters. The number of nitrogens with zero attached hydrogens (tertiary/aromatic N) is 2. The summed E-state index contributed by atoms with van der Waals surface area (Å²) in [5.74, 6) is 1.66. The highest BCUT2D eigenvalue weighted by Gasteiger charge is 2.22. The Labute approximate surface area is 138 Å². The summed E-state index contributed by atoms with van der Waals surface area (Å²) in [6.07, 6.45) is 1.02. The van der Waals surface area contributed by atoms with Crippen molar-refractivity contribution in [2.45, 2.75) is 52.5 Å². The van der Waals surface area contributed by atoms with Crippen molar-refractivity contribution in [3.05, 3.63) is 53.2 Å². The molecule has 0 saturated carbocycles. The second-order valence-electron chi connectivity index (χ2n) is 7.01. The lowest BCUT2D eigenvalue weighted by Crippen LogP contribution is -2.26. The van der Waals surface area contributed by atoms with Crippen molar-refractivity contribution >= 4 is 5.91 Å². The van der Waals surface area contributed by atoms with E-state index >= 15 is 0 Å². The number of carbonyl (C=O) groups excluding carboxylic acids is 1. The van der Waals surface area contributed by atoms with Crippen LogP contribution in [0, 0.1) is 6.92 Å². The van der Waals surface area contributed by atoms with Crippen molar-refractivity contribution in [2.75, 3.05) is 7.05 Å². The zero-order chi connectivity index (χ0) is 17.0. The third-order valence-corrected chi connectivity index (χ3v) is 3.79. The van der Waals surface area contributed by atoms with Crippen LogP contribution in [-0.4, -0.2) is 22.8 Å². The maximum absolute atomic E-state index is 12.3. The fraction of sp³-hybridized carbons (Fsp3) is 0.474. The Morgan fingerprint density at radius 3 is 2.43 bits per heavy atom. The Morgan fingerprint density at radius 1 is 1.22 bits per heavy atom.